The van der Waals surface area contributed by atoms with Crippen molar-refractivity contribution in [2.75, 3.05) is 5.01 Å². The lowest BCUT2D eigenvalue weighted by Gasteiger charge is -2.14. The minimum absolute atomic E-state index is 0.142. The third-order valence-electron chi connectivity index (χ3n) is 2.85. The van der Waals surface area contributed by atoms with Crippen LogP contribution in [-0.2, 0) is 9.59 Å². The van der Waals surface area contributed by atoms with Gasteiger partial charge in [0, 0.05) is 18.3 Å². The molecule has 0 bridgehead atoms. The summed E-state index contributed by atoms with van der Waals surface area (Å²) in [6.07, 6.45) is 1.61. The van der Waals surface area contributed by atoms with E-state index in [1.165, 1.54) is 16.3 Å². The highest BCUT2D eigenvalue weighted by Crippen LogP contribution is 2.26. The minimum Gasteiger partial charge on any atom is -0.267 e. The van der Waals surface area contributed by atoms with Crippen LogP contribution < -0.4 is 10.4 Å². The third-order valence-corrected chi connectivity index (χ3v) is 5.21. The van der Waals surface area contributed by atoms with Crippen molar-refractivity contribution in [3.05, 3.63) is 54.2 Å². The number of hydrogen-bond donors (Lipinski definition) is 1. The largest absolute Gasteiger partial charge is 0.282 e. The quantitative estimate of drug-likeness (QED) is 0.411. The number of amides is 2. The second-order valence-corrected chi connectivity index (χ2v) is 7.39. The van der Waals surface area contributed by atoms with Crippen LogP contribution >= 0.6 is 49.9 Å². The summed E-state index contributed by atoms with van der Waals surface area (Å²) in [7, 11) is 0. The second kappa shape index (κ2) is 5.90. The predicted octanol–water partition coefficient (Wildman–Crippen LogP) is 3.58. The molecular formula is C14H8BrIN2O2S. The van der Waals surface area contributed by atoms with Gasteiger partial charge in [-0.25, -0.2) is 5.01 Å². The van der Waals surface area contributed by atoms with Gasteiger partial charge in [0.2, 0.25) is 0 Å². The molecule has 0 unspecified atom stereocenters. The Hall–Kier alpha value is -1.19. The Morgan fingerprint density at radius 3 is 2.57 bits per heavy atom. The zero-order chi connectivity index (χ0) is 15.0. The van der Waals surface area contributed by atoms with Crippen molar-refractivity contribution in [2.24, 2.45) is 0 Å². The number of carbonyl (C=O) groups is 2. The van der Waals surface area contributed by atoms with Crippen LogP contribution in [0, 0.1) is 3.57 Å². The molecule has 1 aromatic carbocycles. The summed E-state index contributed by atoms with van der Waals surface area (Å²) in [4.78, 5) is 25.2. The summed E-state index contributed by atoms with van der Waals surface area (Å²) in [5, 5.41) is 3.17. The Balaban J connectivity index is 1.92. The average molecular weight is 475 g/mol. The van der Waals surface area contributed by atoms with Gasteiger partial charge in [0.15, 0.2) is 0 Å². The number of thiophene rings is 1. The van der Waals surface area contributed by atoms with Crippen LogP contribution in [0.2, 0.25) is 0 Å². The minimum atomic E-state index is -0.386. The lowest BCUT2D eigenvalue weighted by Crippen LogP contribution is -2.35. The van der Waals surface area contributed by atoms with Crippen LogP contribution in [0.5, 0.6) is 0 Å². The van der Waals surface area contributed by atoms with E-state index in [-0.39, 0.29) is 17.4 Å². The maximum Gasteiger partial charge on any atom is 0.282 e. The van der Waals surface area contributed by atoms with Gasteiger partial charge in [-0.2, -0.15) is 0 Å². The number of nitrogens with one attached hydrogen (secondary N) is 1. The summed E-state index contributed by atoms with van der Waals surface area (Å²) in [6.45, 7) is 0. The van der Waals surface area contributed by atoms with Crippen molar-refractivity contribution in [3.63, 3.8) is 0 Å². The predicted molar refractivity (Wildman–Crippen MR) is 94.8 cm³/mol. The fourth-order valence-electron chi connectivity index (χ4n) is 1.88. The zero-order valence-corrected chi connectivity index (χ0v) is 15.0. The molecule has 0 atom stereocenters. The highest BCUT2D eigenvalue weighted by molar-refractivity contribution is 14.1. The summed E-state index contributed by atoms with van der Waals surface area (Å²) in [5.41, 5.74) is 3.37. The highest BCUT2D eigenvalue weighted by atomic mass is 127. The molecule has 0 radical (unpaired) electrons. The second-order valence-electron chi connectivity index (χ2n) is 4.28. The third kappa shape index (κ3) is 3.04. The summed E-state index contributed by atoms with van der Waals surface area (Å²) in [5.74, 6) is -0.728. The Labute approximate surface area is 147 Å². The molecule has 4 nitrogen and oxygen atoms in total. The first-order valence-electron chi connectivity index (χ1n) is 5.91. The van der Waals surface area contributed by atoms with E-state index in [2.05, 4.69) is 43.9 Å². The monoisotopic (exact) mass is 474 g/mol. The Morgan fingerprint density at radius 1 is 1.24 bits per heavy atom. The molecule has 2 aromatic rings. The standard InChI is InChI=1S/C14H8BrIN2O2S/c15-8-5-11(21-7-8)6-12-13(19)17-18(14(12)20)10-3-1-9(16)2-4-10/h1-7H,(H,17,19). The molecule has 1 aromatic heterocycles. The van der Waals surface area contributed by atoms with E-state index in [4.69, 9.17) is 0 Å². The van der Waals surface area contributed by atoms with E-state index < -0.39 is 0 Å². The molecular weight excluding hydrogens is 467 g/mol. The molecule has 1 saturated heterocycles. The number of rotatable bonds is 2. The first-order valence-corrected chi connectivity index (χ1v) is 8.66. The van der Waals surface area contributed by atoms with Gasteiger partial charge in [0.25, 0.3) is 11.8 Å². The SMILES string of the molecule is O=C1NN(c2ccc(I)cc2)C(=O)C1=Cc1cc(Br)cs1. The van der Waals surface area contributed by atoms with E-state index in [0.717, 1.165) is 12.9 Å². The van der Waals surface area contributed by atoms with Gasteiger partial charge in [-0.05, 0) is 74.9 Å². The van der Waals surface area contributed by atoms with Crippen molar-refractivity contribution in [3.8, 4) is 0 Å². The van der Waals surface area contributed by atoms with Crippen LogP contribution in [0.15, 0.2) is 45.8 Å². The molecule has 21 heavy (non-hydrogen) atoms. The molecule has 0 saturated carbocycles. The number of hydrogen-bond acceptors (Lipinski definition) is 3. The van der Waals surface area contributed by atoms with E-state index in [1.807, 2.05) is 23.6 Å². The van der Waals surface area contributed by atoms with E-state index >= 15 is 0 Å². The first-order chi connectivity index (χ1) is 10.0. The molecule has 1 aliphatic heterocycles. The number of carbonyl (C=O) groups excluding carboxylic acids is 2. The van der Waals surface area contributed by atoms with Gasteiger partial charge < -0.3 is 0 Å². The molecule has 2 heterocycles. The van der Waals surface area contributed by atoms with Crippen LogP contribution in [0.25, 0.3) is 6.08 Å². The lowest BCUT2D eigenvalue weighted by atomic mass is 10.2. The van der Waals surface area contributed by atoms with Crippen molar-refractivity contribution >= 4 is 73.4 Å². The molecule has 0 aliphatic carbocycles. The fourth-order valence-corrected chi connectivity index (χ4v) is 3.61. The molecule has 2 amide bonds. The van der Waals surface area contributed by atoms with Gasteiger partial charge in [-0.3, -0.25) is 15.0 Å². The van der Waals surface area contributed by atoms with Crippen molar-refractivity contribution in [1.82, 2.24) is 5.43 Å². The summed E-state index contributed by atoms with van der Waals surface area (Å²) >= 11 is 7.00. The van der Waals surface area contributed by atoms with Crippen LogP contribution in [0.1, 0.15) is 4.88 Å². The normalized spacial score (nSPS) is 16.7. The van der Waals surface area contributed by atoms with E-state index in [0.29, 0.717) is 5.69 Å². The topological polar surface area (TPSA) is 49.4 Å². The number of halogens is 2. The van der Waals surface area contributed by atoms with Gasteiger partial charge in [0.05, 0.1) is 5.69 Å². The smallest absolute Gasteiger partial charge is 0.267 e. The maximum absolute atomic E-state index is 12.4. The molecule has 1 aliphatic rings. The van der Waals surface area contributed by atoms with Crippen molar-refractivity contribution in [2.45, 2.75) is 0 Å². The van der Waals surface area contributed by atoms with Crippen LogP contribution in [0.4, 0.5) is 5.69 Å². The number of hydrazine groups is 1. The lowest BCUT2D eigenvalue weighted by molar-refractivity contribution is -0.117. The maximum atomic E-state index is 12.4. The van der Waals surface area contributed by atoms with Crippen LogP contribution in [0.3, 0.4) is 0 Å². The average Bonchev–Trinajstić information content (AvgIpc) is 2.98. The molecule has 1 N–H and O–H groups in total. The Bertz CT molecular complexity index is 755. The van der Waals surface area contributed by atoms with E-state index in [1.54, 1.807) is 18.2 Å². The highest BCUT2D eigenvalue weighted by Gasteiger charge is 2.34. The molecule has 0 spiro atoms. The number of nitrogens with zero attached hydrogens (tertiary/aromatic N) is 1. The number of benzene rings is 1. The zero-order valence-electron chi connectivity index (χ0n) is 10.5. The number of anilines is 1. The van der Waals surface area contributed by atoms with Crippen molar-refractivity contribution in [1.29, 1.82) is 0 Å². The molecule has 3 rings (SSSR count). The molecule has 7 heteroatoms. The Kier molecular flexibility index (Phi) is 4.14. The Morgan fingerprint density at radius 2 is 1.95 bits per heavy atom. The fraction of sp³-hybridized carbons (Fsp3) is 0. The van der Waals surface area contributed by atoms with E-state index in [9.17, 15) is 9.59 Å². The first kappa shape index (κ1) is 14.7. The van der Waals surface area contributed by atoms with Crippen LogP contribution in [-0.4, -0.2) is 11.8 Å². The van der Waals surface area contributed by atoms with Gasteiger partial charge in [0.1, 0.15) is 5.57 Å². The molecule has 1 fully saturated rings. The summed E-state index contributed by atoms with van der Waals surface area (Å²) < 4.78 is 1.99. The van der Waals surface area contributed by atoms with Gasteiger partial charge in [-0.1, -0.05) is 0 Å². The molecule has 106 valence electrons. The van der Waals surface area contributed by atoms with Gasteiger partial charge in [-0.15, -0.1) is 11.3 Å². The van der Waals surface area contributed by atoms with Gasteiger partial charge >= 0.3 is 0 Å². The van der Waals surface area contributed by atoms with Crippen molar-refractivity contribution < 1.29 is 9.59 Å². The summed E-state index contributed by atoms with van der Waals surface area (Å²) in [6, 6.07) is 9.22.